The maximum atomic E-state index is 12.7. The van der Waals surface area contributed by atoms with Crippen molar-refractivity contribution in [3.05, 3.63) is 65.7 Å². The minimum atomic E-state index is -0.991. The van der Waals surface area contributed by atoms with Crippen molar-refractivity contribution in [2.24, 2.45) is 0 Å². The third-order valence-electron chi connectivity index (χ3n) is 4.51. The van der Waals surface area contributed by atoms with Crippen molar-refractivity contribution in [3.8, 4) is 11.6 Å². The van der Waals surface area contributed by atoms with Crippen LogP contribution in [0.2, 0.25) is 5.02 Å². The van der Waals surface area contributed by atoms with Crippen molar-refractivity contribution in [2.45, 2.75) is 19.4 Å². The van der Waals surface area contributed by atoms with E-state index in [1.165, 1.54) is 6.33 Å². The van der Waals surface area contributed by atoms with Crippen molar-refractivity contribution < 1.29 is 14.6 Å². The second-order valence-electron chi connectivity index (χ2n) is 6.75. The number of carbonyl (C=O) groups is 1. The van der Waals surface area contributed by atoms with Crippen molar-refractivity contribution in [1.29, 1.82) is 0 Å². The van der Waals surface area contributed by atoms with Crippen molar-refractivity contribution in [2.75, 3.05) is 11.9 Å². The Kier molecular flexibility index (Phi) is 6.06. The molecule has 3 aromatic heterocycles. The number of benzene rings is 1. The van der Waals surface area contributed by atoms with Crippen LogP contribution in [0.25, 0.3) is 16.7 Å². The van der Waals surface area contributed by atoms with E-state index in [4.69, 9.17) is 16.3 Å². The molecule has 0 fully saturated rings. The van der Waals surface area contributed by atoms with Crippen LogP contribution in [0.15, 0.2) is 55.1 Å². The summed E-state index contributed by atoms with van der Waals surface area (Å²) in [6.07, 6.45) is 3.59. The van der Waals surface area contributed by atoms with Gasteiger partial charge in [0.15, 0.2) is 11.8 Å². The number of aliphatic hydroxyl groups is 1. The van der Waals surface area contributed by atoms with E-state index in [1.54, 1.807) is 29.2 Å². The van der Waals surface area contributed by atoms with Gasteiger partial charge in [-0.25, -0.2) is 19.6 Å². The van der Waals surface area contributed by atoms with Gasteiger partial charge in [0.1, 0.15) is 17.5 Å². The van der Waals surface area contributed by atoms with Crippen LogP contribution in [0.1, 0.15) is 12.0 Å². The summed E-state index contributed by atoms with van der Waals surface area (Å²) < 4.78 is 7.44. The molecule has 1 aromatic carbocycles. The van der Waals surface area contributed by atoms with Crippen molar-refractivity contribution in [3.63, 3.8) is 0 Å². The molecule has 3 heterocycles. The maximum Gasteiger partial charge on any atom is 0.266 e. The number of rotatable bonds is 7. The monoisotopic (exact) mass is 438 g/mol. The molecule has 158 valence electrons. The molecule has 0 unspecified atom stereocenters. The molecule has 0 saturated carbocycles. The average molecular weight is 439 g/mol. The van der Waals surface area contributed by atoms with Crippen LogP contribution in [0, 0.1) is 6.92 Å². The van der Waals surface area contributed by atoms with E-state index >= 15 is 0 Å². The summed E-state index contributed by atoms with van der Waals surface area (Å²) in [5.41, 5.74) is 2.10. The fraction of sp³-hybridized carbons (Fsp3) is 0.190. The highest BCUT2D eigenvalue weighted by Crippen LogP contribution is 2.27. The van der Waals surface area contributed by atoms with Gasteiger partial charge in [-0.1, -0.05) is 29.8 Å². The maximum absolute atomic E-state index is 12.7. The smallest absolute Gasteiger partial charge is 0.266 e. The number of fused-ring (bicyclic) bond motifs is 1. The molecular formula is C21H19ClN6O3. The lowest BCUT2D eigenvalue weighted by molar-refractivity contribution is -0.123. The first-order chi connectivity index (χ1) is 15.1. The highest BCUT2D eigenvalue weighted by atomic mass is 35.5. The molecule has 10 heteroatoms. The van der Waals surface area contributed by atoms with Gasteiger partial charge in [0.25, 0.3) is 5.91 Å². The van der Waals surface area contributed by atoms with Crippen molar-refractivity contribution >= 4 is 34.4 Å². The van der Waals surface area contributed by atoms with E-state index in [0.29, 0.717) is 27.6 Å². The molecule has 0 radical (unpaired) electrons. The molecule has 0 aliphatic carbocycles. The van der Waals surface area contributed by atoms with Crippen LogP contribution < -0.4 is 10.1 Å². The summed E-state index contributed by atoms with van der Waals surface area (Å²) in [5.74, 6) is 0.117. The van der Waals surface area contributed by atoms with Crippen LogP contribution in [0.3, 0.4) is 0 Å². The molecule has 1 amide bonds. The van der Waals surface area contributed by atoms with E-state index in [0.717, 1.165) is 5.56 Å². The molecule has 1 atom stereocenters. The van der Waals surface area contributed by atoms with Gasteiger partial charge < -0.3 is 15.2 Å². The molecule has 9 nitrogen and oxygen atoms in total. The number of amides is 1. The van der Waals surface area contributed by atoms with Gasteiger partial charge in [-0.3, -0.25) is 4.79 Å². The number of nitrogens with zero attached hydrogens (tertiary/aromatic N) is 5. The highest BCUT2D eigenvalue weighted by molar-refractivity contribution is 6.32. The van der Waals surface area contributed by atoms with Gasteiger partial charge in [0, 0.05) is 19.2 Å². The minimum absolute atomic E-state index is 0.0713. The summed E-state index contributed by atoms with van der Waals surface area (Å²) in [4.78, 5) is 25.3. The predicted molar refractivity (Wildman–Crippen MR) is 115 cm³/mol. The number of aliphatic hydroxyl groups excluding tert-OH is 1. The van der Waals surface area contributed by atoms with Crippen LogP contribution in [0.4, 0.5) is 5.82 Å². The topological polar surface area (TPSA) is 115 Å². The van der Waals surface area contributed by atoms with E-state index in [9.17, 15) is 9.90 Å². The number of halogens is 1. The molecule has 0 aliphatic heterocycles. The summed E-state index contributed by atoms with van der Waals surface area (Å²) in [6.45, 7) is 1.66. The normalized spacial score (nSPS) is 12.0. The quantitative estimate of drug-likeness (QED) is 0.455. The zero-order valence-corrected chi connectivity index (χ0v) is 17.3. The molecule has 0 aliphatic rings. The molecule has 0 spiro atoms. The van der Waals surface area contributed by atoms with Crippen LogP contribution in [0.5, 0.6) is 5.88 Å². The number of ether oxygens (including phenoxy) is 1. The van der Waals surface area contributed by atoms with Crippen molar-refractivity contribution in [1.82, 2.24) is 24.7 Å². The third-order valence-corrected chi connectivity index (χ3v) is 4.83. The van der Waals surface area contributed by atoms with Gasteiger partial charge in [0.2, 0.25) is 5.88 Å². The summed E-state index contributed by atoms with van der Waals surface area (Å²) in [7, 11) is 0. The lowest BCUT2D eigenvalue weighted by atomic mass is 10.2. The van der Waals surface area contributed by atoms with Crippen LogP contribution in [-0.4, -0.2) is 48.5 Å². The number of nitrogens with one attached hydrogen (secondary N) is 1. The summed E-state index contributed by atoms with van der Waals surface area (Å²) in [6, 6.07) is 10.8. The molecule has 31 heavy (non-hydrogen) atoms. The second-order valence-corrected chi connectivity index (χ2v) is 7.16. The Hall–Kier alpha value is -3.56. The first kappa shape index (κ1) is 20.7. The number of anilines is 1. The fourth-order valence-corrected chi connectivity index (χ4v) is 3.18. The Morgan fingerprint density at radius 3 is 2.77 bits per heavy atom. The lowest BCUT2D eigenvalue weighted by Gasteiger charge is -2.17. The number of pyridine rings is 1. The average Bonchev–Trinajstić information content (AvgIpc) is 3.20. The molecule has 4 rings (SSSR count). The number of hydrogen-bond donors (Lipinski definition) is 2. The Balaban J connectivity index is 1.62. The predicted octanol–water partition coefficient (Wildman–Crippen LogP) is 2.94. The molecule has 0 bridgehead atoms. The minimum Gasteiger partial charge on any atom is -0.464 e. The zero-order valence-electron chi connectivity index (χ0n) is 16.6. The van der Waals surface area contributed by atoms with Crippen LogP contribution >= 0.6 is 11.6 Å². The SMILES string of the molecule is Cc1ccc(NC(=O)[C@H](CCO)Oc2ncnc3c2cnn3-c2ccccc2Cl)nc1. The standard InChI is InChI=1S/C21H19ClN6O3/c1-13-6-7-18(23-10-13)27-20(30)17(8-9-29)31-21-14-11-26-28(19(14)24-12-25-21)16-5-3-2-4-15(16)22/h2-7,10-12,17,29H,8-9H2,1H3,(H,23,27,30)/t17-/m0/s1. The van der Waals surface area contributed by atoms with Gasteiger partial charge in [-0.05, 0) is 30.7 Å². The van der Waals surface area contributed by atoms with E-state index in [2.05, 4.69) is 25.4 Å². The third kappa shape index (κ3) is 4.47. The molecule has 0 saturated heterocycles. The number of para-hydroxylation sites is 1. The largest absolute Gasteiger partial charge is 0.464 e. The number of carbonyl (C=O) groups excluding carboxylic acids is 1. The molecule has 4 aromatic rings. The first-order valence-electron chi connectivity index (χ1n) is 9.51. The second kappa shape index (κ2) is 9.07. The van der Waals surface area contributed by atoms with Gasteiger partial charge >= 0.3 is 0 Å². The zero-order chi connectivity index (χ0) is 21.8. The van der Waals surface area contributed by atoms with Gasteiger partial charge in [-0.15, -0.1) is 0 Å². The Morgan fingerprint density at radius 2 is 2.03 bits per heavy atom. The van der Waals surface area contributed by atoms with Gasteiger partial charge in [-0.2, -0.15) is 5.10 Å². The molecule has 2 N–H and O–H groups in total. The molecular weight excluding hydrogens is 420 g/mol. The fourth-order valence-electron chi connectivity index (χ4n) is 2.96. The number of aryl methyl sites for hydroxylation is 1. The van der Waals surface area contributed by atoms with Gasteiger partial charge in [0.05, 0.1) is 16.9 Å². The Morgan fingerprint density at radius 1 is 1.19 bits per heavy atom. The Labute approximate surface area is 182 Å². The lowest BCUT2D eigenvalue weighted by Crippen LogP contribution is -2.34. The number of aromatic nitrogens is 5. The highest BCUT2D eigenvalue weighted by Gasteiger charge is 2.23. The first-order valence-corrected chi connectivity index (χ1v) is 9.89. The summed E-state index contributed by atoms with van der Waals surface area (Å²) in [5, 5.41) is 17.5. The van der Waals surface area contributed by atoms with E-state index in [-0.39, 0.29) is 18.9 Å². The van der Waals surface area contributed by atoms with Crippen LogP contribution in [-0.2, 0) is 4.79 Å². The van der Waals surface area contributed by atoms with E-state index < -0.39 is 12.0 Å². The van der Waals surface area contributed by atoms with E-state index in [1.807, 2.05) is 31.2 Å². The summed E-state index contributed by atoms with van der Waals surface area (Å²) >= 11 is 6.29. The number of hydrogen-bond acceptors (Lipinski definition) is 7. The Bertz CT molecular complexity index is 1210.